The molecule has 0 bridgehead atoms. The van der Waals surface area contributed by atoms with Crippen LogP contribution in [0.25, 0.3) is 6.08 Å². The van der Waals surface area contributed by atoms with Crippen LogP contribution in [0.1, 0.15) is 5.56 Å². The predicted octanol–water partition coefficient (Wildman–Crippen LogP) is 4.81. The number of carbonyl (C=O) groups is 1. The smallest absolute Gasteiger partial charge is 0.265 e. The summed E-state index contributed by atoms with van der Waals surface area (Å²) < 4.78 is 38.7. The van der Waals surface area contributed by atoms with Crippen LogP contribution >= 0.6 is 11.6 Å². The lowest BCUT2D eigenvalue weighted by Crippen LogP contribution is -2.15. The number of hydrogen-bond donors (Lipinski definition) is 2. The molecule has 0 radical (unpaired) electrons. The zero-order valence-electron chi connectivity index (χ0n) is 17.3. The number of ether oxygens (including phenoxy) is 2. The molecule has 0 fully saturated rings. The first-order chi connectivity index (χ1) is 15.3. The van der Waals surface area contributed by atoms with Gasteiger partial charge in [-0.2, -0.15) is 0 Å². The average Bonchev–Trinajstić information content (AvgIpc) is 2.79. The SMILES string of the molecule is COc1ccc(NS(=O)(=O)c2cc(NC(=O)/C=C/c3ccc(Cl)cc3)ccc2OC)cc1. The predicted molar refractivity (Wildman–Crippen MR) is 126 cm³/mol. The summed E-state index contributed by atoms with van der Waals surface area (Å²) in [5.41, 5.74) is 1.45. The highest BCUT2D eigenvalue weighted by atomic mass is 35.5. The van der Waals surface area contributed by atoms with Gasteiger partial charge >= 0.3 is 0 Å². The maximum Gasteiger partial charge on any atom is 0.265 e. The minimum absolute atomic E-state index is 0.115. The summed E-state index contributed by atoms with van der Waals surface area (Å²) in [5.74, 6) is 0.319. The number of amides is 1. The van der Waals surface area contributed by atoms with Crippen LogP contribution < -0.4 is 19.5 Å². The van der Waals surface area contributed by atoms with E-state index in [2.05, 4.69) is 10.0 Å². The lowest BCUT2D eigenvalue weighted by atomic mass is 10.2. The zero-order valence-corrected chi connectivity index (χ0v) is 18.9. The highest BCUT2D eigenvalue weighted by molar-refractivity contribution is 7.92. The van der Waals surface area contributed by atoms with Gasteiger partial charge in [-0.25, -0.2) is 8.42 Å². The van der Waals surface area contributed by atoms with E-state index in [1.807, 2.05) is 0 Å². The molecule has 0 saturated carbocycles. The van der Waals surface area contributed by atoms with Gasteiger partial charge in [0.1, 0.15) is 16.4 Å². The summed E-state index contributed by atoms with van der Waals surface area (Å²) in [5, 5.41) is 3.25. The number of rotatable bonds is 8. The molecule has 0 aliphatic carbocycles. The highest BCUT2D eigenvalue weighted by Gasteiger charge is 2.21. The van der Waals surface area contributed by atoms with Crippen LogP contribution in [0, 0.1) is 0 Å². The van der Waals surface area contributed by atoms with E-state index in [0.29, 0.717) is 22.1 Å². The molecule has 3 aromatic rings. The van der Waals surface area contributed by atoms with Crippen molar-refractivity contribution in [3.05, 3.63) is 83.4 Å². The van der Waals surface area contributed by atoms with Gasteiger partial charge in [-0.05, 0) is 66.2 Å². The minimum Gasteiger partial charge on any atom is -0.497 e. The van der Waals surface area contributed by atoms with Gasteiger partial charge in [0.25, 0.3) is 10.0 Å². The second-order valence-corrected chi connectivity index (χ2v) is 8.66. The number of benzene rings is 3. The van der Waals surface area contributed by atoms with Crippen LogP contribution in [-0.4, -0.2) is 28.5 Å². The molecule has 0 aliphatic rings. The Balaban J connectivity index is 1.79. The molecule has 0 aromatic heterocycles. The van der Waals surface area contributed by atoms with Gasteiger partial charge in [0, 0.05) is 22.5 Å². The van der Waals surface area contributed by atoms with Gasteiger partial charge in [0.05, 0.1) is 14.2 Å². The fourth-order valence-electron chi connectivity index (χ4n) is 2.76. The normalized spacial score (nSPS) is 11.2. The maximum absolute atomic E-state index is 13.0. The molecular weight excluding hydrogens is 452 g/mol. The molecule has 0 unspecified atom stereocenters. The fraction of sp³-hybridized carbons (Fsp3) is 0.0870. The van der Waals surface area contributed by atoms with Crippen molar-refractivity contribution in [1.29, 1.82) is 0 Å². The van der Waals surface area contributed by atoms with Crippen molar-refractivity contribution in [1.82, 2.24) is 0 Å². The van der Waals surface area contributed by atoms with Crippen molar-refractivity contribution in [2.75, 3.05) is 24.3 Å². The lowest BCUT2D eigenvalue weighted by molar-refractivity contribution is -0.111. The summed E-state index contributed by atoms with van der Waals surface area (Å²) in [6.07, 6.45) is 2.97. The number of hydrogen-bond acceptors (Lipinski definition) is 5. The Bertz CT molecular complexity index is 1220. The maximum atomic E-state index is 13.0. The van der Waals surface area contributed by atoms with Crippen molar-refractivity contribution in [3.8, 4) is 11.5 Å². The van der Waals surface area contributed by atoms with Gasteiger partial charge in [-0.1, -0.05) is 23.7 Å². The van der Waals surface area contributed by atoms with E-state index in [-0.39, 0.29) is 10.6 Å². The van der Waals surface area contributed by atoms with Crippen LogP contribution in [0.4, 0.5) is 11.4 Å². The third-order valence-corrected chi connectivity index (χ3v) is 6.01. The minimum atomic E-state index is -3.99. The monoisotopic (exact) mass is 472 g/mol. The molecule has 166 valence electrons. The standard InChI is InChI=1S/C23H21ClN2O5S/c1-30-20-11-8-18(9-12-20)26-32(28,29)22-15-19(10-13-21(22)31-2)25-23(27)14-5-16-3-6-17(24)7-4-16/h3-15,26H,1-2H3,(H,25,27)/b14-5+. The Hall–Kier alpha value is -3.49. The van der Waals surface area contributed by atoms with Crippen LogP contribution in [0.2, 0.25) is 5.02 Å². The molecule has 32 heavy (non-hydrogen) atoms. The number of anilines is 2. The lowest BCUT2D eigenvalue weighted by Gasteiger charge is -2.13. The van der Waals surface area contributed by atoms with Gasteiger partial charge in [0.2, 0.25) is 5.91 Å². The molecule has 0 aliphatic heterocycles. The van der Waals surface area contributed by atoms with E-state index in [0.717, 1.165) is 5.56 Å². The van der Waals surface area contributed by atoms with Crippen LogP contribution in [-0.2, 0) is 14.8 Å². The molecule has 7 nitrogen and oxygen atoms in total. The van der Waals surface area contributed by atoms with Crippen LogP contribution in [0.5, 0.6) is 11.5 Å². The largest absolute Gasteiger partial charge is 0.497 e. The zero-order chi connectivity index (χ0) is 23.1. The van der Waals surface area contributed by atoms with Crippen molar-refractivity contribution in [2.24, 2.45) is 0 Å². The molecule has 9 heteroatoms. The topological polar surface area (TPSA) is 93.7 Å². The van der Waals surface area contributed by atoms with Crippen LogP contribution in [0.3, 0.4) is 0 Å². The summed E-state index contributed by atoms with van der Waals surface area (Å²) in [6.45, 7) is 0. The first-order valence-corrected chi connectivity index (χ1v) is 11.3. The van der Waals surface area contributed by atoms with E-state index in [1.54, 1.807) is 60.7 Å². The number of methoxy groups -OCH3 is 2. The first kappa shape index (κ1) is 23.2. The molecule has 3 aromatic carbocycles. The van der Waals surface area contributed by atoms with E-state index in [4.69, 9.17) is 21.1 Å². The molecule has 0 saturated heterocycles. The third kappa shape index (κ3) is 6.03. The Morgan fingerprint density at radius 2 is 1.56 bits per heavy atom. The Morgan fingerprint density at radius 1 is 0.906 bits per heavy atom. The van der Waals surface area contributed by atoms with Gasteiger partial charge < -0.3 is 14.8 Å². The Morgan fingerprint density at radius 3 is 2.19 bits per heavy atom. The number of sulfonamides is 1. The van der Waals surface area contributed by atoms with Crippen molar-refractivity contribution in [3.63, 3.8) is 0 Å². The van der Waals surface area contributed by atoms with Crippen molar-refractivity contribution >= 4 is 45.0 Å². The molecule has 0 heterocycles. The van der Waals surface area contributed by atoms with Gasteiger partial charge in [-0.3, -0.25) is 9.52 Å². The molecular formula is C23H21ClN2O5S. The number of carbonyl (C=O) groups excluding carboxylic acids is 1. The van der Waals surface area contributed by atoms with Crippen LogP contribution in [0.15, 0.2) is 77.7 Å². The average molecular weight is 473 g/mol. The van der Waals surface area contributed by atoms with Crippen molar-refractivity contribution in [2.45, 2.75) is 4.90 Å². The van der Waals surface area contributed by atoms with Crippen molar-refractivity contribution < 1.29 is 22.7 Å². The number of nitrogens with one attached hydrogen (secondary N) is 2. The van der Waals surface area contributed by atoms with E-state index in [1.165, 1.54) is 32.4 Å². The first-order valence-electron chi connectivity index (χ1n) is 9.40. The number of halogens is 1. The summed E-state index contributed by atoms with van der Waals surface area (Å²) in [4.78, 5) is 12.2. The molecule has 3 rings (SSSR count). The van der Waals surface area contributed by atoms with E-state index < -0.39 is 15.9 Å². The van der Waals surface area contributed by atoms with E-state index in [9.17, 15) is 13.2 Å². The summed E-state index contributed by atoms with van der Waals surface area (Å²) in [7, 11) is -1.10. The third-order valence-electron chi connectivity index (χ3n) is 4.36. The molecule has 0 atom stereocenters. The molecule has 2 N–H and O–H groups in total. The Kier molecular flexibility index (Phi) is 7.40. The Labute approximate surface area is 191 Å². The quantitative estimate of drug-likeness (QED) is 0.459. The van der Waals surface area contributed by atoms with Gasteiger partial charge in [0.15, 0.2) is 0 Å². The summed E-state index contributed by atoms with van der Waals surface area (Å²) in [6, 6.07) is 17.8. The second kappa shape index (κ2) is 10.2. The van der Waals surface area contributed by atoms with Gasteiger partial charge in [-0.15, -0.1) is 0 Å². The summed E-state index contributed by atoms with van der Waals surface area (Å²) >= 11 is 5.85. The second-order valence-electron chi connectivity index (χ2n) is 6.57. The molecule has 0 spiro atoms. The highest BCUT2D eigenvalue weighted by Crippen LogP contribution is 2.29. The van der Waals surface area contributed by atoms with E-state index >= 15 is 0 Å². The molecule has 1 amide bonds. The fourth-order valence-corrected chi connectivity index (χ4v) is 4.14.